The molecule has 2 heterocycles. The summed E-state index contributed by atoms with van der Waals surface area (Å²) in [5.74, 6) is -0.269. The number of hydrogen-bond acceptors (Lipinski definition) is 3. The minimum absolute atomic E-state index is 0.0179. The number of carbonyl (C=O) groups is 2. The minimum atomic E-state index is -0.267. The molecule has 4 nitrogen and oxygen atoms in total. The topological polar surface area (TPSA) is 49.4 Å². The molecule has 0 bridgehead atoms. The number of nitrogens with zero attached hydrogens (tertiary/aromatic N) is 1. The van der Waals surface area contributed by atoms with Gasteiger partial charge in [-0.15, -0.1) is 11.3 Å². The number of thiophene rings is 1. The molecule has 5 heteroatoms. The van der Waals surface area contributed by atoms with Gasteiger partial charge >= 0.3 is 0 Å². The van der Waals surface area contributed by atoms with Gasteiger partial charge in [-0.1, -0.05) is 48.5 Å². The van der Waals surface area contributed by atoms with Crippen LogP contribution < -0.4 is 5.32 Å². The first-order valence-corrected chi connectivity index (χ1v) is 10.3. The van der Waals surface area contributed by atoms with Crippen LogP contribution in [0.25, 0.3) is 10.4 Å². The molecule has 2 amide bonds. The van der Waals surface area contributed by atoms with Gasteiger partial charge in [0.2, 0.25) is 5.91 Å². The van der Waals surface area contributed by atoms with Gasteiger partial charge in [-0.3, -0.25) is 9.59 Å². The zero-order valence-corrected chi connectivity index (χ0v) is 16.3. The van der Waals surface area contributed by atoms with Crippen molar-refractivity contribution in [1.82, 2.24) is 10.2 Å². The van der Waals surface area contributed by atoms with E-state index >= 15 is 0 Å². The Morgan fingerprint density at radius 2 is 1.82 bits per heavy atom. The van der Waals surface area contributed by atoms with Crippen LogP contribution in [0.2, 0.25) is 0 Å². The Bertz CT molecular complexity index is 954. The smallest absolute Gasteiger partial charge is 0.253 e. The molecule has 2 aromatic carbocycles. The summed E-state index contributed by atoms with van der Waals surface area (Å²) in [5, 5.41) is 5.04. The van der Waals surface area contributed by atoms with E-state index in [0.717, 1.165) is 11.1 Å². The van der Waals surface area contributed by atoms with Crippen molar-refractivity contribution >= 4 is 23.2 Å². The average molecular weight is 391 g/mol. The van der Waals surface area contributed by atoms with Crippen LogP contribution in [0.5, 0.6) is 0 Å². The number of hydrogen-bond donors (Lipinski definition) is 1. The molecule has 1 unspecified atom stereocenters. The molecule has 1 aromatic heterocycles. The fraction of sp³-hybridized carbons (Fsp3) is 0.217. The van der Waals surface area contributed by atoms with Crippen LogP contribution in [0.4, 0.5) is 0 Å². The molecular weight excluding hydrogens is 368 g/mol. The molecule has 142 valence electrons. The molecule has 1 atom stereocenters. The van der Waals surface area contributed by atoms with Crippen molar-refractivity contribution in [3.63, 3.8) is 0 Å². The summed E-state index contributed by atoms with van der Waals surface area (Å²) in [4.78, 5) is 28.6. The number of nitrogens with one attached hydrogen (secondary N) is 1. The predicted octanol–water partition coefficient (Wildman–Crippen LogP) is 3.85. The van der Waals surface area contributed by atoms with Crippen molar-refractivity contribution in [3.05, 3.63) is 83.2 Å². The quantitative estimate of drug-likeness (QED) is 0.736. The summed E-state index contributed by atoms with van der Waals surface area (Å²) >= 11 is 1.69. The largest absolute Gasteiger partial charge is 0.354 e. The third kappa shape index (κ3) is 3.99. The monoisotopic (exact) mass is 390 g/mol. The minimum Gasteiger partial charge on any atom is -0.354 e. The van der Waals surface area contributed by atoms with Gasteiger partial charge in [0.05, 0.1) is 5.92 Å². The number of benzene rings is 2. The molecule has 0 aliphatic carbocycles. The van der Waals surface area contributed by atoms with E-state index in [1.807, 2.05) is 48.5 Å². The number of rotatable bonds is 4. The van der Waals surface area contributed by atoms with Crippen molar-refractivity contribution in [1.29, 1.82) is 0 Å². The van der Waals surface area contributed by atoms with Gasteiger partial charge in [0.1, 0.15) is 0 Å². The van der Waals surface area contributed by atoms with E-state index in [4.69, 9.17) is 0 Å². The van der Waals surface area contributed by atoms with Crippen molar-refractivity contribution in [3.8, 4) is 10.4 Å². The normalized spacial score (nSPS) is 17.1. The highest BCUT2D eigenvalue weighted by atomic mass is 32.1. The first kappa shape index (κ1) is 18.4. The molecule has 1 N–H and O–H groups in total. The molecule has 1 saturated heterocycles. The highest BCUT2D eigenvalue weighted by molar-refractivity contribution is 7.13. The fourth-order valence-electron chi connectivity index (χ4n) is 3.64. The Morgan fingerprint density at radius 1 is 1.04 bits per heavy atom. The molecule has 3 aromatic rings. The molecule has 1 aliphatic heterocycles. The fourth-order valence-corrected chi connectivity index (χ4v) is 4.43. The summed E-state index contributed by atoms with van der Waals surface area (Å²) < 4.78 is 0. The predicted molar refractivity (Wildman–Crippen MR) is 112 cm³/mol. The first-order chi connectivity index (χ1) is 13.7. The van der Waals surface area contributed by atoms with E-state index in [0.29, 0.717) is 31.6 Å². The number of carbonyl (C=O) groups excluding carboxylic acids is 2. The summed E-state index contributed by atoms with van der Waals surface area (Å²) in [7, 11) is 0. The average Bonchev–Trinajstić information content (AvgIpc) is 3.21. The third-order valence-electron chi connectivity index (χ3n) is 5.07. The highest BCUT2D eigenvalue weighted by Gasteiger charge is 2.28. The van der Waals surface area contributed by atoms with Crippen LogP contribution in [0, 0.1) is 5.92 Å². The molecule has 4 rings (SSSR count). The van der Waals surface area contributed by atoms with Crippen molar-refractivity contribution in [2.75, 3.05) is 19.6 Å². The Kier molecular flexibility index (Phi) is 5.53. The SMILES string of the molecule is O=C1NCCN(C(=O)c2ccccc2)CC1Cc1ccccc1-c1cccs1. The van der Waals surface area contributed by atoms with Gasteiger partial charge in [0.25, 0.3) is 5.91 Å². The van der Waals surface area contributed by atoms with Gasteiger partial charge in [-0.05, 0) is 41.1 Å². The molecule has 1 aliphatic rings. The third-order valence-corrected chi connectivity index (χ3v) is 5.97. The second-order valence-electron chi connectivity index (χ2n) is 6.94. The zero-order chi connectivity index (χ0) is 19.3. The van der Waals surface area contributed by atoms with Crippen LogP contribution in [0.3, 0.4) is 0 Å². The Morgan fingerprint density at radius 3 is 2.61 bits per heavy atom. The van der Waals surface area contributed by atoms with Gasteiger partial charge in [-0.25, -0.2) is 0 Å². The van der Waals surface area contributed by atoms with Crippen LogP contribution >= 0.6 is 11.3 Å². The number of amides is 2. The van der Waals surface area contributed by atoms with Gasteiger partial charge in [0, 0.05) is 30.1 Å². The molecule has 0 spiro atoms. The zero-order valence-electron chi connectivity index (χ0n) is 15.5. The lowest BCUT2D eigenvalue weighted by Crippen LogP contribution is -2.37. The lowest BCUT2D eigenvalue weighted by Gasteiger charge is -2.24. The molecular formula is C23H22N2O2S. The maximum Gasteiger partial charge on any atom is 0.253 e. The van der Waals surface area contributed by atoms with Crippen molar-refractivity contribution in [2.24, 2.45) is 5.92 Å². The lowest BCUT2D eigenvalue weighted by atomic mass is 9.94. The van der Waals surface area contributed by atoms with E-state index in [-0.39, 0.29) is 17.7 Å². The van der Waals surface area contributed by atoms with Gasteiger partial charge in [0.15, 0.2) is 0 Å². The van der Waals surface area contributed by atoms with Crippen molar-refractivity contribution < 1.29 is 9.59 Å². The maximum atomic E-state index is 12.9. The molecule has 0 radical (unpaired) electrons. The molecule has 28 heavy (non-hydrogen) atoms. The van der Waals surface area contributed by atoms with Crippen LogP contribution in [0.15, 0.2) is 72.1 Å². The Labute approximate surface area is 168 Å². The van der Waals surface area contributed by atoms with E-state index < -0.39 is 0 Å². The van der Waals surface area contributed by atoms with E-state index in [2.05, 4.69) is 28.9 Å². The van der Waals surface area contributed by atoms with Crippen LogP contribution in [0.1, 0.15) is 15.9 Å². The lowest BCUT2D eigenvalue weighted by molar-refractivity contribution is -0.124. The Balaban J connectivity index is 1.57. The summed E-state index contributed by atoms with van der Waals surface area (Å²) in [6, 6.07) is 21.6. The second kappa shape index (κ2) is 8.40. The summed E-state index contributed by atoms with van der Waals surface area (Å²) in [5.41, 5.74) is 2.96. The van der Waals surface area contributed by atoms with E-state index in [1.54, 1.807) is 16.2 Å². The van der Waals surface area contributed by atoms with Crippen LogP contribution in [-0.4, -0.2) is 36.3 Å². The Hall–Kier alpha value is -2.92. The molecule has 0 saturated carbocycles. The van der Waals surface area contributed by atoms with Crippen LogP contribution in [-0.2, 0) is 11.2 Å². The standard InChI is InChI=1S/C23H22N2O2S/c26-22-19(15-18-9-4-5-10-20(18)21-11-6-14-28-21)16-25(13-12-24-22)23(27)17-7-2-1-3-8-17/h1-11,14,19H,12-13,15-16H2,(H,24,26). The van der Waals surface area contributed by atoms with Gasteiger partial charge < -0.3 is 10.2 Å². The second-order valence-corrected chi connectivity index (χ2v) is 7.89. The van der Waals surface area contributed by atoms with Gasteiger partial charge in [-0.2, -0.15) is 0 Å². The maximum absolute atomic E-state index is 12.9. The van der Waals surface area contributed by atoms with E-state index in [9.17, 15) is 9.59 Å². The highest BCUT2D eigenvalue weighted by Crippen LogP contribution is 2.30. The van der Waals surface area contributed by atoms with E-state index in [1.165, 1.54) is 4.88 Å². The molecule has 1 fully saturated rings. The summed E-state index contributed by atoms with van der Waals surface area (Å²) in [6.07, 6.45) is 0.610. The van der Waals surface area contributed by atoms with Crippen molar-refractivity contribution in [2.45, 2.75) is 6.42 Å². The first-order valence-electron chi connectivity index (χ1n) is 9.46. The summed E-state index contributed by atoms with van der Waals surface area (Å²) in [6.45, 7) is 1.45.